The molecule has 0 aliphatic heterocycles. The largest absolute Gasteiger partial charge is 0.473 e. The second-order valence-corrected chi connectivity index (χ2v) is 3.80. The van der Waals surface area contributed by atoms with E-state index in [9.17, 15) is 4.79 Å². The maximum Gasteiger partial charge on any atom is 0.246 e. The highest BCUT2D eigenvalue weighted by Crippen LogP contribution is 2.23. The van der Waals surface area contributed by atoms with Gasteiger partial charge < -0.3 is 4.74 Å². The van der Waals surface area contributed by atoms with Crippen molar-refractivity contribution in [2.45, 2.75) is 26.9 Å². The van der Waals surface area contributed by atoms with Crippen LogP contribution in [0.5, 0.6) is 5.88 Å². The molecule has 0 bridgehead atoms. The maximum absolute atomic E-state index is 11.6. The van der Waals surface area contributed by atoms with Gasteiger partial charge in [-0.15, -0.1) is 9.73 Å². The Hall–Kier alpha value is -1.91. The van der Waals surface area contributed by atoms with Crippen LogP contribution < -0.4 is 4.74 Å². The number of hydrogen-bond donors (Lipinski definition) is 0. The summed E-state index contributed by atoms with van der Waals surface area (Å²) in [5, 5.41) is 8.16. The van der Waals surface area contributed by atoms with Crippen LogP contribution in [0.2, 0.25) is 0 Å². The topological polar surface area (TPSA) is 56.5 Å². The van der Waals surface area contributed by atoms with E-state index in [1.54, 1.807) is 18.3 Å². The molecule has 0 radical (unpaired) electrons. The van der Waals surface area contributed by atoms with Gasteiger partial charge in [0.2, 0.25) is 5.88 Å². The van der Waals surface area contributed by atoms with E-state index in [0.29, 0.717) is 17.0 Å². The van der Waals surface area contributed by atoms with E-state index in [0.717, 1.165) is 0 Å². The summed E-state index contributed by atoms with van der Waals surface area (Å²) in [7, 11) is 0. The zero-order chi connectivity index (χ0) is 11.7. The van der Waals surface area contributed by atoms with Crippen molar-refractivity contribution in [2.75, 3.05) is 0 Å². The first kappa shape index (κ1) is 10.6. The predicted molar refractivity (Wildman–Crippen MR) is 58.8 cm³/mol. The lowest BCUT2D eigenvalue weighted by atomic mass is 10.2. The van der Waals surface area contributed by atoms with E-state index >= 15 is 0 Å². The van der Waals surface area contributed by atoms with E-state index in [2.05, 4.69) is 10.2 Å². The third kappa shape index (κ3) is 1.76. The molecule has 0 saturated heterocycles. The van der Waals surface area contributed by atoms with Crippen molar-refractivity contribution in [1.29, 1.82) is 0 Å². The summed E-state index contributed by atoms with van der Waals surface area (Å²) < 4.78 is 6.91. The molecule has 0 amide bonds. The average Bonchev–Trinajstić information content (AvgIpc) is 2.53. The Morgan fingerprint density at radius 1 is 1.50 bits per heavy atom. The van der Waals surface area contributed by atoms with Crippen LogP contribution in [0.1, 0.15) is 31.1 Å². The normalized spacial score (nSPS) is 11.0. The molecule has 0 fully saturated rings. The van der Waals surface area contributed by atoms with Crippen LogP contribution >= 0.6 is 0 Å². The number of ether oxygens (including phenoxy) is 1. The van der Waals surface area contributed by atoms with Gasteiger partial charge in [0.1, 0.15) is 11.1 Å². The van der Waals surface area contributed by atoms with Crippen LogP contribution in [-0.2, 0) is 0 Å². The molecular weight excluding hydrogens is 206 g/mol. The summed E-state index contributed by atoms with van der Waals surface area (Å²) >= 11 is 0. The van der Waals surface area contributed by atoms with Crippen LogP contribution in [0.4, 0.5) is 0 Å². The number of carbonyl (C=O) groups is 1. The molecule has 0 unspecified atom stereocenters. The number of rotatable bonds is 3. The highest BCUT2D eigenvalue weighted by atomic mass is 16.5. The standard InChI is InChI=1S/C11H13N3O2/c1-7(2)16-11-10(8(3)15)9-5-4-6-12-14(9)13-11/h4-7H,1-3H3. The Labute approximate surface area is 93.0 Å². The van der Waals surface area contributed by atoms with Crippen molar-refractivity contribution < 1.29 is 9.53 Å². The van der Waals surface area contributed by atoms with Gasteiger partial charge in [-0.3, -0.25) is 4.79 Å². The van der Waals surface area contributed by atoms with Crippen LogP contribution in [0.15, 0.2) is 18.3 Å². The van der Waals surface area contributed by atoms with Crippen molar-refractivity contribution in [3.05, 3.63) is 23.9 Å². The monoisotopic (exact) mass is 219 g/mol. The molecule has 2 aromatic heterocycles. The number of carbonyl (C=O) groups excluding carboxylic acids is 1. The zero-order valence-corrected chi connectivity index (χ0v) is 9.47. The minimum Gasteiger partial charge on any atom is -0.473 e. The zero-order valence-electron chi connectivity index (χ0n) is 9.47. The maximum atomic E-state index is 11.6. The first-order valence-corrected chi connectivity index (χ1v) is 5.11. The Balaban J connectivity index is 2.63. The smallest absolute Gasteiger partial charge is 0.246 e. The fourth-order valence-electron chi connectivity index (χ4n) is 1.51. The molecule has 5 heteroatoms. The van der Waals surface area contributed by atoms with Gasteiger partial charge >= 0.3 is 0 Å². The number of Topliss-reactive ketones (excluding diaryl/α,β-unsaturated/α-hetero) is 1. The highest BCUT2D eigenvalue weighted by Gasteiger charge is 2.18. The van der Waals surface area contributed by atoms with E-state index in [1.807, 2.05) is 13.8 Å². The predicted octanol–water partition coefficient (Wildman–Crippen LogP) is 1.72. The second kappa shape index (κ2) is 3.92. The van der Waals surface area contributed by atoms with E-state index in [-0.39, 0.29) is 11.9 Å². The Morgan fingerprint density at radius 2 is 2.25 bits per heavy atom. The van der Waals surface area contributed by atoms with Crippen molar-refractivity contribution >= 4 is 11.3 Å². The van der Waals surface area contributed by atoms with Crippen molar-refractivity contribution in [2.24, 2.45) is 0 Å². The molecule has 0 saturated carbocycles. The van der Waals surface area contributed by atoms with Crippen molar-refractivity contribution in [3.8, 4) is 5.88 Å². The van der Waals surface area contributed by atoms with Crippen molar-refractivity contribution in [3.63, 3.8) is 0 Å². The molecule has 5 nitrogen and oxygen atoms in total. The Bertz CT molecular complexity index is 531. The second-order valence-electron chi connectivity index (χ2n) is 3.80. The molecule has 0 aromatic carbocycles. The minimum absolute atomic E-state index is 0.0250. The fraction of sp³-hybridized carbons (Fsp3) is 0.364. The molecule has 0 aliphatic rings. The van der Waals surface area contributed by atoms with Gasteiger partial charge in [0.05, 0.1) is 6.10 Å². The van der Waals surface area contributed by atoms with Gasteiger partial charge in [-0.2, -0.15) is 5.10 Å². The summed E-state index contributed by atoms with van der Waals surface area (Å²) in [4.78, 5) is 11.6. The number of aromatic nitrogens is 3. The average molecular weight is 219 g/mol. The third-order valence-corrected chi connectivity index (χ3v) is 2.09. The number of ketones is 1. The molecule has 16 heavy (non-hydrogen) atoms. The summed E-state index contributed by atoms with van der Waals surface area (Å²) in [6, 6.07) is 3.56. The SMILES string of the molecule is CC(=O)c1c(OC(C)C)nn2ncccc12. The fourth-order valence-corrected chi connectivity index (χ4v) is 1.51. The van der Waals surface area contributed by atoms with Gasteiger partial charge in [0, 0.05) is 6.20 Å². The molecule has 0 atom stereocenters. The lowest BCUT2D eigenvalue weighted by Gasteiger charge is -2.06. The van der Waals surface area contributed by atoms with Gasteiger partial charge in [-0.25, -0.2) is 0 Å². The van der Waals surface area contributed by atoms with Gasteiger partial charge in [0.15, 0.2) is 5.78 Å². The van der Waals surface area contributed by atoms with Crippen LogP contribution in [0.25, 0.3) is 5.52 Å². The minimum atomic E-state index is -0.0707. The molecule has 2 heterocycles. The van der Waals surface area contributed by atoms with E-state index in [4.69, 9.17) is 4.74 Å². The van der Waals surface area contributed by atoms with Crippen molar-refractivity contribution in [1.82, 2.24) is 14.8 Å². The lowest BCUT2D eigenvalue weighted by molar-refractivity contribution is 0.101. The van der Waals surface area contributed by atoms with Crippen LogP contribution in [-0.4, -0.2) is 26.7 Å². The number of nitrogens with zero attached hydrogens (tertiary/aromatic N) is 3. The third-order valence-electron chi connectivity index (χ3n) is 2.09. The summed E-state index contributed by atoms with van der Waals surface area (Å²) in [5.74, 6) is 0.278. The van der Waals surface area contributed by atoms with Gasteiger partial charge in [-0.1, -0.05) is 0 Å². The first-order valence-electron chi connectivity index (χ1n) is 5.11. The molecular formula is C11H13N3O2. The Kier molecular flexibility index (Phi) is 2.60. The molecule has 84 valence electrons. The van der Waals surface area contributed by atoms with Crippen LogP contribution in [0.3, 0.4) is 0 Å². The van der Waals surface area contributed by atoms with E-state index < -0.39 is 0 Å². The van der Waals surface area contributed by atoms with E-state index in [1.165, 1.54) is 11.6 Å². The summed E-state index contributed by atoms with van der Waals surface area (Å²) in [6.45, 7) is 5.28. The molecule has 0 N–H and O–H groups in total. The summed E-state index contributed by atoms with van der Waals surface area (Å²) in [5.41, 5.74) is 1.16. The molecule has 0 aliphatic carbocycles. The first-order chi connectivity index (χ1) is 7.59. The molecule has 2 rings (SSSR count). The number of hydrogen-bond acceptors (Lipinski definition) is 4. The molecule has 0 spiro atoms. The van der Waals surface area contributed by atoms with Gasteiger partial charge in [-0.05, 0) is 32.9 Å². The van der Waals surface area contributed by atoms with Crippen LogP contribution in [0, 0.1) is 0 Å². The van der Waals surface area contributed by atoms with Gasteiger partial charge in [0.25, 0.3) is 0 Å². The lowest BCUT2D eigenvalue weighted by Crippen LogP contribution is -2.08. The Morgan fingerprint density at radius 3 is 2.88 bits per heavy atom. The quantitative estimate of drug-likeness (QED) is 0.737. The highest BCUT2D eigenvalue weighted by molar-refractivity contribution is 6.02. The number of fused-ring (bicyclic) bond motifs is 1. The molecule has 2 aromatic rings. The summed E-state index contributed by atoms with van der Waals surface area (Å²) in [6.07, 6.45) is 1.59.